The highest BCUT2D eigenvalue weighted by Crippen LogP contribution is 2.22. The molecule has 2 heterocycles. The van der Waals surface area contributed by atoms with Crippen molar-refractivity contribution in [1.82, 2.24) is 10.1 Å². The fourth-order valence-electron chi connectivity index (χ4n) is 3.09. The van der Waals surface area contributed by atoms with Crippen LogP contribution in [0.25, 0.3) is 0 Å². The summed E-state index contributed by atoms with van der Waals surface area (Å²) in [6, 6.07) is 8.42. The van der Waals surface area contributed by atoms with Crippen molar-refractivity contribution in [1.29, 1.82) is 0 Å². The van der Waals surface area contributed by atoms with Crippen LogP contribution in [0.2, 0.25) is 0 Å². The lowest BCUT2D eigenvalue weighted by molar-refractivity contribution is 0.0793. The molecule has 1 saturated heterocycles. The van der Waals surface area contributed by atoms with E-state index in [9.17, 15) is 5.11 Å². The number of likely N-dealkylation sites (tertiary alicyclic amines) is 1. The largest absolute Gasteiger partial charge is 0.393 e. The highest BCUT2D eigenvalue weighted by molar-refractivity contribution is 5.51. The van der Waals surface area contributed by atoms with Gasteiger partial charge in [-0.05, 0) is 38.3 Å². The van der Waals surface area contributed by atoms with E-state index in [0.717, 1.165) is 61.7 Å². The highest BCUT2D eigenvalue weighted by Gasteiger charge is 2.18. The maximum Gasteiger partial charge on any atom is 0.138 e. The molecule has 0 radical (unpaired) electrons. The number of nitrogens with zero attached hydrogens (tertiary/aromatic N) is 2. The van der Waals surface area contributed by atoms with Crippen molar-refractivity contribution in [3.63, 3.8) is 0 Å². The number of rotatable bonds is 5. The highest BCUT2D eigenvalue weighted by atomic mass is 16.5. The van der Waals surface area contributed by atoms with E-state index in [-0.39, 0.29) is 6.10 Å². The Hall–Kier alpha value is -1.85. The number of aryl methyl sites for hydroxylation is 2. The SMILES string of the molecule is Cc1noc(C)c1CNc1ccccc1CN1CCC(O)CC1. The molecular weight excluding hydrogens is 290 g/mol. The average molecular weight is 315 g/mol. The number of para-hydroxylation sites is 1. The molecule has 5 nitrogen and oxygen atoms in total. The second kappa shape index (κ2) is 7.15. The van der Waals surface area contributed by atoms with E-state index in [1.807, 2.05) is 13.8 Å². The average Bonchev–Trinajstić information content (AvgIpc) is 2.87. The summed E-state index contributed by atoms with van der Waals surface area (Å²) in [5, 5.41) is 17.2. The lowest BCUT2D eigenvalue weighted by Gasteiger charge is -2.30. The summed E-state index contributed by atoms with van der Waals surface area (Å²) in [4.78, 5) is 2.41. The van der Waals surface area contributed by atoms with E-state index in [1.165, 1.54) is 5.56 Å². The number of piperidine rings is 1. The minimum Gasteiger partial charge on any atom is -0.393 e. The fraction of sp³-hybridized carbons (Fsp3) is 0.500. The van der Waals surface area contributed by atoms with Gasteiger partial charge >= 0.3 is 0 Å². The van der Waals surface area contributed by atoms with Crippen LogP contribution in [0, 0.1) is 13.8 Å². The van der Waals surface area contributed by atoms with Crippen molar-refractivity contribution >= 4 is 5.69 Å². The van der Waals surface area contributed by atoms with Crippen LogP contribution in [-0.4, -0.2) is 34.4 Å². The number of nitrogens with one attached hydrogen (secondary N) is 1. The van der Waals surface area contributed by atoms with Crippen LogP contribution in [0.3, 0.4) is 0 Å². The molecule has 0 spiro atoms. The molecule has 124 valence electrons. The zero-order valence-electron chi connectivity index (χ0n) is 13.9. The maximum absolute atomic E-state index is 9.64. The Bertz CT molecular complexity index is 626. The molecule has 0 atom stereocenters. The second-order valence-electron chi connectivity index (χ2n) is 6.32. The van der Waals surface area contributed by atoms with Gasteiger partial charge in [-0.3, -0.25) is 4.90 Å². The molecule has 1 aromatic heterocycles. The minimum atomic E-state index is -0.126. The molecule has 23 heavy (non-hydrogen) atoms. The summed E-state index contributed by atoms with van der Waals surface area (Å²) in [6.07, 6.45) is 1.61. The maximum atomic E-state index is 9.64. The van der Waals surface area contributed by atoms with Crippen LogP contribution in [0.1, 0.15) is 35.4 Å². The van der Waals surface area contributed by atoms with Gasteiger partial charge in [0.1, 0.15) is 5.76 Å². The topological polar surface area (TPSA) is 61.5 Å². The second-order valence-corrected chi connectivity index (χ2v) is 6.32. The predicted octanol–water partition coefficient (Wildman–Crippen LogP) is 2.86. The monoisotopic (exact) mass is 315 g/mol. The molecule has 1 aliphatic rings. The molecule has 1 aromatic carbocycles. The first-order valence-electron chi connectivity index (χ1n) is 8.27. The lowest BCUT2D eigenvalue weighted by Crippen LogP contribution is -2.35. The summed E-state index contributed by atoms with van der Waals surface area (Å²) in [5.41, 5.74) is 4.51. The number of aliphatic hydroxyl groups is 1. The number of aliphatic hydroxyl groups excluding tert-OH is 1. The lowest BCUT2D eigenvalue weighted by atomic mass is 10.1. The third kappa shape index (κ3) is 3.92. The molecule has 0 amide bonds. The van der Waals surface area contributed by atoms with Gasteiger partial charge in [-0.1, -0.05) is 23.4 Å². The van der Waals surface area contributed by atoms with Gasteiger partial charge in [0.05, 0.1) is 11.8 Å². The van der Waals surface area contributed by atoms with Gasteiger partial charge in [-0.2, -0.15) is 0 Å². The number of hydrogen-bond acceptors (Lipinski definition) is 5. The Balaban J connectivity index is 1.66. The summed E-state index contributed by atoms with van der Waals surface area (Å²) in [7, 11) is 0. The Morgan fingerprint density at radius 1 is 1.26 bits per heavy atom. The van der Waals surface area contributed by atoms with Crippen LogP contribution >= 0.6 is 0 Å². The van der Waals surface area contributed by atoms with E-state index >= 15 is 0 Å². The van der Waals surface area contributed by atoms with Crippen molar-refractivity contribution in [2.45, 2.75) is 45.9 Å². The fourth-order valence-corrected chi connectivity index (χ4v) is 3.09. The number of anilines is 1. The van der Waals surface area contributed by atoms with E-state index in [1.54, 1.807) is 0 Å². The molecule has 5 heteroatoms. The van der Waals surface area contributed by atoms with Crippen LogP contribution in [0.15, 0.2) is 28.8 Å². The summed E-state index contributed by atoms with van der Waals surface area (Å²) < 4.78 is 5.22. The zero-order chi connectivity index (χ0) is 16.2. The standard InChI is InChI=1S/C18H25N3O2/c1-13-17(14(2)23-20-13)11-19-18-6-4-3-5-15(18)12-21-9-7-16(22)8-10-21/h3-6,16,19,22H,7-12H2,1-2H3. The summed E-state index contributed by atoms with van der Waals surface area (Å²) in [6.45, 7) is 7.47. The minimum absolute atomic E-state index is 0.126. The Morgan fingerprint density at radius 2 is 2.00 bits per heavy atom. The molecule has 0 saturated carbocycles. The molecule has 3 rings (SSSR count). The molecule has 1 fully saturated rings. The normalized spacial score (nSPS) is 16.7. The van der Waals surface area contributed by atoms with Crippen molar-refractivity contribution < 1.29 is 9.63 Å². The number of aromatic nitrogens is 1. The first-order valence-corrected chi connectivity index (χ1v) is 8.27. The molecule has 1 aliphatic heterocycles. The first-order chi connectivity index (χ1) is 11.1. The third-order valence-electron chi connectivity index (χ3n) is 4.61. The number of benzene rings is 1. The van der Waals surface area contributed by atoms with Gasteiger partial charge in [0.2, 0.25) is 0 Å². The molecule has 2 aromatic rings. The van der Waals surface area contributed by atoms with Crippen LogP contribution in [-0.2, 0) is 13.1 Å². The van der Waals surface area contributed by atoms with Gasteiger partial charge < -0.3 is 14.9 Å². The molecular formula is C18H25N3O2. The number of hydrogen-bond donors (Lipinski definition) is 2. The predicted molar refractivity (Wildman–Crippen MR) is 90.3 cm³/mol. The van der Waals surface area contributed by atoms with Gasteiger partial charge in [0, 0.05) is 37.4 Å². The molecule has 0 aliphatic carbocycles. The summed E-state index contributed by atoms with van der Waals surface area (Å²) >= 11 is 0. The van der Waals surface area contributed by atoms with Crippen molar-refractivity contribution in [3.8, 4) is 0 Å². The van der Waals surface area contributed by atoms with Crippen LogP contribution < -0.4 is 5.32 Å². The summed E-state index contributed by atoms with van der Waals surface area (Å²) in [5.74, 6) is 0.873. The molecule has 0 unspecified atom stereocenters. The Kier molecular flexibility index (Phi) is 4.98. The quantitative estimate of drug-likeness (QED) is 0.888. The molecule has 0 bridgehead atoms. The van der Waals surface area contributed by atoms with Gasteiger partial charge in [0.25, 0.3) is 0 Å². The molecule has 2 N–H and O–H groups in total. The van der Waals surface area contributed by atoms with Crippen LogP contribution in [0.4, 0.5) is 5.69 Å². The van der Waals surface area contributed by atoms with Crippen molar-refractivity contribution in [2.75, 3.05) is 18.4 Å². The Labute approximate surface area is 137 Å². The van der Waals surface area contributed by atoms with E-state index in [4.69, 9.17) is 4.52 Å². The van der Waals surface area contributed by atoms with Gasteiger partial charge in [0.15, 0.2) is 0 Å². The van der Waals surface area contributed by atoms with Crippen molar-refractivity contribution in [2.24, 2.45) is 0 Å². The first kappa shape index (κ1) is 16.0. The Morgan fingerprint density at radius 3 is 2.70 bits per heavy atom. The van der Waals surface area contributed by atoms with E-state index < -0.39 is 0 Å². The van der Waals surface area contributed by atoms with Crippen molar-refractivity contribution in [3.05, 3.63) is 46.8 Å². The van der Waals surface area contributed by atoms with Gasteiger partial charge in [-0.15, -0.1) is 0 Å². The zero-order valence-corrected chi connectivity index (χ0v) is 13.9. The van der Waals surface area contributed by atoms with E-state index in [0.29, 0.717) is 0 Å². The smallest absolute Gasteiger partial charge is 0.138 e. The van der Waals surface area contributed by atoms with Crippen LogP contribution in [0.5, 0.6) is 0 Å². The van der Waals surface area contributed by atoms with E-state index in [2.05, 4.69) is 39.6 Å². The van der Waals surface area contributed by atoms with Gasteiger partial charge in [-0.25, -0.2) is 0 Å². The third-order valence-corrected chi connectivity index (χ3v) is 4.61.